The van der Waals surface area contributed by atoms with Gasteiger partial charge in [-0.15, -0.1) is 0 Å². The molecule has 0 unspecified atom stereocenters. The fourth-order valence-corrected chi connectivity index (χ4v) is 2.57. The van der Waals surface area contributed by atoms with Crippen LogP contribution in [0.2, 0.25) is 0 Å². The zero-order valence-corrected chi connectivity index (χ0v) is 11.3. The van der Waals surface area contributed by atoms with E-state index in [0.29, 0.717) is 31.0 Å². The van der Waals surface area contributed by atoms with Gasteiger partial charge in [0.2, 0.25) is 5.91 Å². The molecule has 7 heteroatoms. The Labute approximate surface area is 119 Å². The molecule has 116 valence electrons. The van der Waals surface area contributed by atoms with E-state index in [-0.39, 0.29) is 6.42 Å². The Kier molecular flexibility index (Phi) is 4.22. The van der Waals surface area contributed by atoms with Crippen LogP contribution in [-0.4, -0.2) is 11.4 Å². The van der Waals surface area contributed by atoms with Crippen LogP contribution < -0.4 is 11.1 Å². The molecule has 1 fully saturated rings. The SMILES string of the molecule is NC1(CC(=O)Nc2cc(C(F)(F)F)ccc2F)CCCC1. The molecule has 1 aliphatic carbocycles. The van der Waals surface area contributed by atoms with E-state index >= 15 is 0 Å². The van der Waals surface area contributed by atoms with E-state index in [2.05, 4.69) is 5.32 Å². The van der Waals surface area contributed by atoms with E-state index in [0.717, 1.165) is 12.8 Å². The van der Waals surface area contributed by atoms with Gasteiger partial charge in [-0.2, -0.15) is 13.2 Å². The number of benzene rings is 1. The first-order valence-corrected chi connectivity index (χ1v) is 6.65. The van der Waals surface area contributed by atoms with Crippen molar-refractivity contribution in [2.24, 2.45) is 5.73 Å². The molecular formula is C14H16F4N2O. The molecule has 0 heterocycles. The van der Waals surface area contributed by atoms with Gasteiger partial charge in [-0.25, -0.2) is 4.39 Å². The summed E-state index contributed by atoms with van der Waals surface area (Å²) in [6.07, 6.45) is -1.41. The monoisotopic (exact) mass is 304 g/mol. The molecule has 0 saturated heterocycles. The first-order valence-electron chi connectivity index (χ1n) is 6.65. The predicted octanol–water partition coefficient (Wildman–Crippen LogP) is 3.44. The Morgan fingerprint density at radius 3 is 2.48 bits per heavy atom. The van der Waals surface area contributed by atoms with Crippen molar-refractivity contribution in [2.45, 2.75) is 43.8 Å². The van der Waals surface area contributed by atoms with Crippen molar-refractivity contribution in [2.75, 3.05) is 5.32 Å². The molecule has 0 aliphatic heterocycles. The van der Waals surface area contributed by atoms with E-state index < -0.39 is 34.7 Å². The Bertz CT molecular complexity index is 536. The Morgan fingerprint density at radius 2 is 1.90 bits per heavy atom. The standard InChI is InChI=1S/C14H16F4N2O/c15-10-4-3-9(14(16,17)18)7-11(10)20-12(21)8-13(19)5-1-2-6-13/h3-4,7H,1-2,5-6,8,19H2,(H,20,21). The van der Waals surface area contributed by atoms with Crippen LogP contribution in [-0.2, 0) is 11.0 Å². The summed E-state index contributed by atoms with van der Waals surface area (Å²) in [4.78, 5) is 11.8. The maximum atomic E-state index is 13.5. The number of nitrogens with two attached hydrogens (primary N) is 1. The third-order valence-electron chi connectivity index (χ3n) is 3.68. The molecule has 3 N–H and O–H groups in total. The minimum atomic E-state index is -4.59. The molecule has 1 aliphatic rings. The third-order valence-corrected chi connectivity index (χ3v) is 3.68. The highest BCUT2D eigenvalue weighted by Gasteiger charge is 2.33. The van der Waals surface area contributed by atoms with E-state index in [1.165, 1.54) is 0 Å². The first-order chi connectivity index (χ1) is 9.70. The lowest BCUT2D eigenvalue weighted by Gasteiger charge is -2.22. The van der Waals surface area contributed by atoms with Crippen LogP contribution in [0, 0.1) is 5.82 Å². The van der Waals surface area contributed by atoms with E-state index in [4.69, 9.17) is 5.73 Å². The van der Waals surface area contributed by atoms with E-state index in [1.54, 1.807) is 0 Å². The number of hydrogen-bond donors (Lipinski definition) is 2. The van der Waals surface area contributed by atoms with Gasteiger partial charge >= 0.3 is 6.18 Å². The van der Waals surface area contributed by atoms with Crippen LogP contribution in [0.15, 0.2) is 18.2 Å². The minimum absolute atomic E-state index is 0.0251. The highest BCUT2D eigenvalue weighted by Crippen LogP contribution is 2.33. The molecular weight excluding hydrogens is 288 g/mol. The van der Waals surface area contributed by atoms with Crippen molar-refractivity contribution in [1.82, 2.24) is 0 Å². The molecule has 0 radical (unpaired) electrons. The van der Waals surface area contributed by atoms with Gasteiger partial charge in [-0.3, -0.25) is 4.79 Å². The number of amides is 1. The second-order valence-corrected chi connectivity index (χ2v) is 5.49. The van der Waals surface area contributed by atoms with Gasteiger partial charge in [-0.1, -0.05) is 12.8 Å². The number of halogens is 4. The van der Waals surface area contributed by atoms with Crippen LogP contribution >= 0.6 is 0 Å². The second kappa shape index (κ2) is 5.63. The average Bonchev–Trinajstić information content (AvgIpc) is 2.77. The zero-order valence-electron chi connectivity index (χ0n) is 11.3. The maximum absolute atomic E-state index is 13.5. The molecule has 1 saturated carbocycles. The smallest absolute Gasteiger partial charge is 0.325 e. The summed E-state index contributed by atoms with van der Waals surface area (Å²) in [6.45, 7) is 0. The Hall–Kier alpha value is -1.63. The summed E-state index contributed by atoms with van der Waals surface area (Å²) >= 11 is 0. The predicted molar refractivity (Wildman–Crippen MR) is 70.0 cm³/mol. The lowest BCUT2D eigenvalue weighted by atomic mass is 9.94. The molecule has 2 rings (SSSR count). The number of carbonyl (C=O) groups excluding carboxylic acids is 1. The topological polar surface area (TPSA) is 55.1 Å². The minimum Gasteiger partial charge on any atom is -0.325 e. The summed E-state index contributed by atoms with van der Waals surface area (Å²) in [5.74, 6) is -1.48. The summed E-state index contributed by atoms with van der Waals surface area (Å²) in [6, 6.07) is 1.91. The third kappa shape index (κ3) is 3.93. The maximum Gasteiger partial charge on any atom is 0.416 e. The summed E-state index contributed by atoms with van der Waals surface area (Å²) in [7, 11) is 0. The summed E-state index contributed by atoms with van der Waals surface area (Å²) in [5, 5.41) is 2.18. The van der Waals surface area contributed by atoms with Crippen molar-refractivity contribution >= 4 is 11.6 Å². The van der Waals surface area contributed by atoms with Crippen LogP contribution in [0.4, 0.5) is 23.2 Å². The Morgan fingerprint density at radius 1 is 1.29 bits per heavy atom. The summed E-state index contributed by atoms with van der Waals surface area (Å²) < 4.78 is 51.2. The number of nitrogens with one attached hydrogen (secondary N) is 1. The van der Waals surface area contributed by atoms with E-state index in [9.17, 15) is 22.4 Å². The highest BCUT2D eigenvalue weighted by atomic mass is 19.4. The molecule has 3 nitrogen and oxygen atoms in total. The molecule has 21 heavy (non-hydrogen) atoms. The molecule has 0 aromatic heterocycles. The van der Waals surface area contributed by atoms with Crippen LogP contribution in [0.5, 0.6) is 0 Å². The van der Waals surface area contributed by atoms with Gasteiger partial charge in [0.25, 0.3) is 0 Å². The number of carbonyl (C=O) groups is 1. The summed E-state index contributed by atoms with van der Waals surface area (Å²) in [5.41, 5.74) is 3.89. The van der Waals surface area contributed by atoms with E-state index in [1.807, 2.05) is 0 Å². The van der Waals surface area contributed by atoms with Crippen LogP contribution in [0.1, 0.15) is 37.7 Å². The quantitative estimate of drug-likeness (QED) is 0.840. The van der Waals surface area contributed by atoms with Crippen molar-refractivity contribution in [1.29, 1.82) is 0 Å². The first kappa shape index (κ1) is 15.8. The molecule has 0 spiro atoms. The normalized spacial score (nSPS) is 17.8. The van der Waals surface area contributed by atoms with Crippen molar-refractivity contribution in [3.8, 4) is 0 Å². The van der Waals surface area contributed by atoms with Crippen LogP contribution in [0.25, 0.3) is 0 Å². The zero-order chi connectivity index (χ0) is 15.7. The Balaban J connectivity index is 2.10. The number of rotatable bonds is 3. The average molecular weight is 304 g/mol. The number of anilines is 1. The molecule has 1 aromatic carbocycles. The van der Waals surface area contributed by atoms with Crippen LogP contribution in [0.3, 0.4) is 0 Å². The largest absolute Gasteiger partial charge is 0.416 e. The van der Waals surface area contributed by atoms with Gasteiger partial charge in [-0.05, 0) is 31.0 Å². The second-order valence-electron chi connectivity index (χ2n) is 5.49. The molecule has 0 bridgehead atoms. The van der Waals surface area contributed by atoms with Gasteiger partial charge < -0.3 is 11.1 Å². The molecule has 0 atom stereocenters. The fourth-order valence-electron chi connectivity index (χ4n) is 2.57. The molecule has 1 amide bonds. The van der Waals surface area contributed by atoms with Gasteiger partial charge in [0.1, 0.15) is 5.82 Å². The van der Waals surface area contributed by atoms with Gasteiger partial charge in [0, 0.05) is 12.0 Å². The highest BCUT2D eigenvalue weighted by molar-refractivity contribution is 5.91. The molecule has 1 aromatic rings. The van der Waals surface area contributed by atoms with Gasteiger partial charge in [0.05, 0.1) is 11.3 Å². The number of alkyl halides is 3. The lowest BCUT2D eigenvalue weighted by Crippen LogP contribution is -2.40. The number of hydrogen-bond acceptors (Lipinski definition) is 2. The van der Waals surface area contributed by atoms with Crippen molar-refractivity contribution in [3.63, 3.8) is 0 Å². The van der Waals surface area contributed by atoms with Gasteiger partial charge in [0.15, 0.2) is 0 Å². The van der Waals surface area contributed by atoms with Crippen molar-refractivity contribution in [3.05, 3.63) is 29.6 Å². The lowest BCUT2D eigenvalue weighted by molar-refractivity contribution is -0.137. The van der Waals surface area contributed by atoms with Crippen molar-refractivity contribution < 1.29 is 22.4 Å². The fraction of sp³-hybridized carbons (Fsp3) is 0.500.